The zero-order valence-corrected chi connectivity index (χ0v) is 10.8. The van der Waals surface area contributed by atoms with E-state index in [0.29, 0.717) is 12.6 Å². The van der Waals surface area contributed by atoms with Crippen molar-refractivity contribution in [3.63, 3.8) is 0 Å². The maximum atomic E-state index is 11.7. The molecule has 0 radical (unpaired) electrons. The van der Waals surface area contributed by atoms with Gasteiger partial charge in [0.25, 0.3) is 0 Å². The minimum Gasteiger partial charge on any atom is -0.350 e. The lowest BCUT2D eigenvalue weighted by Crippen LogP contribution is -2.50. The van der Waals surface area contributed by atoms with Gasteiger partial charge < -0.3 is 10.6 Å². The highest BCUT2D eigenvalue weighted by Gasteiger charge is 2.25. The molecule has 0 aliphatic carbocycles. The SMILES string of the molecule is CCC(CC)(CC)NC(=O)CNC(C)C. The molecular formula is C12H26N2O. The van der Waals surface area contributed by atoms with E-state index in [2.05, 4.69) is 31.4 Å². The molecule has 0 aliphatic rings. The Labute approximate surface area is 94.0 Å². The number of hydrogen-bond acceptors (Lipinski definition) is 2. The Balaban J connectivity index is 4.11. The molecule has 1 amide bonds. The van der Waals surface area contributed by atoms with Crippen LogP contribution >= 0.6 is 0 Å². The molecule has 15 heavy (non-hydrogen) atoms. The summed E-state index contributed by atoms with van der Waals surface area (Å²) in [6.07, 6.45) is 2.98. The smallest absolute Gasteiger partial charge is 0.234 e. The van der Waals surface area contributed by atoms with E-state index in [9.17, 15) is 4.79 Å². The van der Waals surface area contributed by atoms with Crippen LogP contribution in [-0.4, -0.2) is 24.0 Å². The third-order valence-electron chi connectivity index (χ3n) is 3.11. The van der Waals surface area contributed by atoms with Crippen LogP contribution in [0.1, 0.15) is 53.9 Å². The van der Waals surface area contributed by atoms with Crippen LogP contribution in [0.15, 0.2) is 0 Å². The molecule has 0 spiro atoms. The van der Waals surface area contributed by atoms with E-state index in [4.69, 9.17) is 0 Å². The van der Waals surface area contributed by atoms with Crippen molar-refractivity contribution in [2.45, 2.75) is 65.5 Å². The summed E-state index contributed by atoms with van der Waals surface area (Å²) < 4.78 is 0. The highest BCUT2D eigenvalue weighted by molar-refractivity contribution is 5.78. The summed E-state index contributed by atoms with van der Waals surface area (Å²) in [5.74, 6) is 0.106. The third-order valence-corrected chi connectivity index (χ3v) is 3.11. The average molecular weight is 214 g/mol. The molecule has 0 saturated carbocycles. The maximum absolute atomic E-state index is 11.7. The van der Waals surface area contributed by atoms with Crippen molar-refractivity contribution in [3.8, 4) is 0 Å². The van der Waals surface area contributed by atoms with Crippen molar-refractivity contribution in [1.82, 2.24) is 10.6 Å². The van der Waals surface area contributed by atoms with Gasteiger partial charge in [-0.3, -0.25) is 4.79 Å². The molecule has 0 rings (SSSR count). The molecule has 0 aliphatic heterocycles. The van der Waals surface area contributed by atoms with Crippen molar-refractivity contribution in [3.05, 3.63) is 0 Å². The normalized spacial score (nSPS) is 11.9. The standard InChI is InChI=1S/C12H26N2O/c1-6-12(7-2,8-3)14-11(15)9-13-10(4)5/h10,13H,6-9H2,1-5H3,(H,14,15). The Morgan fingerprint density at radius 1 is 1.13 bits per heavy atom. The lowest BCUT2D eigenvalue weighted by Gasteiger charge is -2.32. The molecule has 0 bridgehead atoms. The third kappa shape index (κ3) is 5.17. The van der Waals surface area contributed by atoms with Crippen molar-refractivity contribution in [2.75, 3.05) is 6.54 Å². The molecule has 0 atom stereocenters. The van der Waals surface area contributed by atoms with Gasteiger partial charge in [0.2, 0.25) is 5.91 Å². The van der Waals surface area contributed by atoms with Crippen LogP contribution in [0.3, 0.4) is 0 Å². The Bertz CT molecular complexity index is 178. The van der Waals surface area contributed by atoms with Crippen molar-refractivity contribution < 1.29 is 4.79 Å². The Morgan fingerprint density at radius 2 is 1.60 bits per heavy atom. The van der Waals surface area contributed by atoms with Crippen LogP contribution in [-0.2, 0) is 4.79 Å². The topological polar surface area (TPSA) is 41.1 Å². The van der Waals surface area contributed by atoms with Gasteiger partial charge in [-0.15, -0.1) is 0 Å². The van der Waals surface area contributed by atoms with Gasteiger partial charge in [0.15, 0.2) is 0 Å². The minimum absolute atomic E-state index is 0.00422. The number of carbonyl (C=O) groups is 1. The molecule has 0 aromatic rings. The molecule has 2 N–H and O–H groups in total. The van der Waals surface area contributed by atoms with Gasteiger partial charge in [0.05, 0.1) is 6.54 Å². The first-order chi connectivity index (χ1) is 6.99. The molecule has 0 aromatic heterocycles. The van der Waals surface area contributed by atoms with E-state index in [-0.39, 0.29) is 11.4 Å². The molecule has 3 nitrogen and oxygen atoms in total. The fourth-order valence-corrected chi connectivity index (χ4v) is 1.65. The second-order valence-corrected chi connectivity index (χ2v) is 4.42. The largest absolute Gasteiger partial charge is 0.350 e. The number of rotatable bonds is 7. The fourth-order valence-electron chi connectivity index (χ4n) is 1.65. The molecule has 0 saturated heterocycles. The second kappa shape index (κ2) is 6.83. The highest BCUT2D eigenvalue weighted by atomic mass is 16.2. The van der Waals surface area contributed by atoms with Crippen LogP contribution < -0.4 is 10.6 Å². The van der Waals surface area contributed by atoms with Crippen molar-refractivity contribution in [1.29, 1.82) is 0 Å². The number of amides is 1. The Kier molecular flexibility index (Phi) is 6.57. The number of nitrogens with one attached hydrogen (secondary N) is 2. The fraction of sp³-hybridized carbons (Fsp3) is 0.917. The molecule has 0 unspecified atom stereocenters. The van der Waals surface area contributed by atoms with E-state index in [0.717, 1.165) is 19.3 Å². The van der Waals surface area contributed by atoms with Gasteiger partial charge in [-0.2, -0.15) is 0 Å². The second-order valence-electron chi connectivity index (χ2n) is 4.42. The van der Waals surface area contributed by atoms with Crippen LogP contribution in [0.5, 0.6) is 0 Å². The summed E-state index contributed by atoms with van der Waals surface area (Å²) in [4.78, 5) is 11.7. The predicted molar refractivity (Wildman–Crippen MR) is 64.9 cm³/mol. The van der Waals surface area contributed by atoms with Gasteiger partial charge >= 0.3 is 0 Å². The molecule has 0 fully saturated rings. The van der Waals surface area contributed by atoms with Gasteiger partial charge in [0, 0.05) is 11.6 Å². The van der Waals surface area contributed by atoms with Gasteiger partial charge in [-0.05, 0) is 19.3 Å². The predicted octanol–water partition coefficient (Wildman–Crippen LogP) is 2.07. The summed E-state index contributed by atoms with van der Waals surface area (Å²) >= 11 is 0. The van der Waals surface area contributed by atoms with Crippen LogP contribution in [0, 0.1) is 0 Å². The van der Waals surface area contributed by atoms with Gasteiger partial charge in [0.1, 0.15) is 0 Å². The van der Waals surface area contributed by atoms with E-state index in [1.54, 1.807) is 0 Å². The average Bonchev–Trinajstić information content (AvgIpc) is 2.23. The quantitative estimate of drug-likeness (QED) is 0.681. The Hall–Kier alpha value is -0.570. The summed E-state index contributed by atoms with van der Waals surface area (Å²) in [7, 11) is 0. The van der Waals surface area contributed by atoms with Gasteiger partial charge in [-0.25, -0.2) is 0 Å². The van der Waals surface area contributed by atoms with Crippen LogP contribution in [0.4, 0.5) is 0 Å². The minimum atomic E-state index is -0.00422. The lowest BCUT2D eigenvalue weighted by molar-refractivity contribution is -0.122. The monoisotopic (exact) mass is 214 g/mol. The molecule has 90 valence electrons. The highest BCUT2D eigenvalue weighted by Crippen LogP contribution is 2.18. The molecule has 0 heterocycles. The van der Waals surface area contributed by atoms with E-state index in [1.165, 1.54) is 0 Å². The summed E-state index contributed by atoms with van der Waals surface area (Å²) in [5.41, 5.74) is -0.00422. The zero-order valence-electron chi connectivity index (χ0n) is 10.8. The molecular weight excluding hydrogens is 188 g/mol. The van der Waals surface area contributed by atoms with E-state index < -0.39 is 0 Å². The first kappa shape index (κ1) is 14.4. The first-order valence-corrected chi connectivity index (χ1v) is 6.04. The van der Waals surface area contributed by atoms with E-state index in [1.807, 2.05) is 13.8 Å². The lowest BCUT2D eigenvalue weighted by atomic mass is 9.90. The van der Waals surface area contributed by atoms with E-state index >= 15 is 0 Å². The number of carbonyl (C=O) groups excluding carboxylic acids is 1. The summed E-state index contributed by atoms with van der Waals surface area (Å²) in [6.45, 7) is 10.9. The number of hydrogen-bond donors (Lipinski definition) is 2. The van der Waals surface area contributed by atoms with Crippen molar-refractivity contribution >= 4 is 5.91 Å². The van der Waals surface area contributed by atoms with Crippen LogP contribution in [0.2, 0.25) is 0 Å². The first-order valence-electron chi connectivity index (χ1n) is 6.04. The molecule has 0 aromatic carbocycles. The van der Waals surface area contributed by atoms with Crippen molar-refractivity contribution in [2.24, 2.45) is 0 Å². The summed E-state index contributed by atoms with van der Waals surface area (Å²) in [5, 5.41) is 6.26. The van der Waals surface area contributed by atoms with Gasteiger partial charge in [-0.1, -0.05) is 34.6 Å². The van der Waals surface area contributed by atoms with Crippen LogP contribution in [0.25, 0.3) is 0 Å². The molecule has 3 heteroatoms. The zero-order chi connectivity index (χ0) is 11.9. The summed E-state index contributed by atoms with van der Waals surface area (Å²) in [6, 6.07) is 0.357. The maximum Gasteiger partial charge on any atom is 0.234 e. The Morgan fingerprint density at radius 3 is 1.93 bits per heavy atom.